The van der Waals surface area contributed by atoms with Gasteiger partial charge in [0.25, 0.3) is 0 Å². The SMILES string of the molecule is O=c1cc2oc3cc(O)c(Cl)cc3cc-2cc1Cl. The second-order valence-electron chi connectivity index (χ2n) is 3.91. The van der Waals surface area contributed by atoms with Gasteiger partial charge < -0.3 is 9.52 Å². The molecule has 0 unspecified atom stereocenters. The quantitative estimate of drug-likeness (QED) is 0.635. The van der Waals surface area contributed by atoms with Crippen LogP contribution in [0.3, 0.4) is 0 Å². The number of benzene rings is 2. The highest BCUT2D eigenvalue weighted by Crippen LogP contribution is 2.34. The predicted octanol–water partition coefficient (Wildman–Crippen LogP) is 3.91. The van der Waals surface area contributed by atoms with E-state index in [-0.39, 0.29) is 21.2 Å². The van der Waals surface area contributed by atoms with Gasteiger partial charge in [0, 0.05) is 23.1 Å². The van der Waals surface area contributed by atoms with E-state index in [1.807, 2.05) is 0 Å². The first kappa shape index (κ1) is 11.4. The van der Waals surface area contributed by atoms with Crippen LogP contribution in [0.2, 0.25) is 10.0 Å². The van der Waals surface area contributed by atoms with Crippen molar-refractivity contribution in [3.63, 3.8) is 0 Å². The molecule has 2 aliphatic rings. The van der Waals surface area contributed by atoms with Crippen LogP contribution in [0.15, 0.2) is 39.5 Å². The summed E-state index contributed by atoms with van der Waals surface area (Å²) in [4.78, 5) is 11.4. The Morgan fingerprint density at radius 1 is 1.00 bits per heavy atom. The zero-order valence-corrected chi connectivity index (χ0v) is 10.4. The van der Waals surface area contributed by atoms with Crippen molar-refractivity contribution >= 4 is 34.2 Å². The number of fused-ring (bicyclic) bond motifs is 2. The summed E-state index contributed by atoms with van der Waals surface area (Å²) in [6, 6.07) is 7.67. The first-order valence-corrected chi connectivity index (χ1v) is 5.86. The van der Waals surface area contributed by atoms with Crippen LogP contribution < -0.4 is 5.43 Å². The maximum Gasteiger partial charge on any atom is 0.200 e. The van der Waals surface area contributed by atoms with Gasteiger partial charge in [-0.05, 0) is 18.2 Å². The van der Waals surface area contributed by atoms with E-state index in [0.29, 0.717) is 16.9 Å². The van der Waals surface area contributed by atoms with E-state index in [1.165, 1.54) is 12.1 Å². The van der Waals surface area contributed by atoms with E-state index in [9.17, 15) is 9.90 Å². The Hall–Kier alpha value is -1.71. The maximum absolute atomic E-state index is 11.4. The molecule has 1 aliphatic carbocycles. The third kappa shape index (κ3) is 1.72. The molecule has 0 saturated heterocycles. The number of hydrogen-bond donors (Lipinski definition) is 1. The third-order valence-electron chi connectivity index (χ3n) is 2.67. The summed E-state index contributed by atoms with van der Waals surface area (Å²) in [7, 11) is 0. The summed E-state index contributed by atoms with van der Waals surface area (Å²) in [6.45, 7) is 0. The Morgan fingerprint density at radius 2 is 1.78 bits per heavy atom. The van der Waals surface area contributed by atoms with Gasteiger partial charge in [0.05, 0.1) is 10.0 Å². The van der Waals surface area contributed by atoms with Crippen LogP contribution in [0.4, 0.5) is 0 Å². The normalized spacial score (nSPS) is 11.2. The Morgan fingerprint density at radius 3 is 2.56 bits per heavy atom. The van der Waals surface area contributed by atoms with Crippen LogP contribution >= 0.6 is 23.2 Å². The lowest BCUT2D eigenvalue weighted by Gasteiger charge is -2.08. The molecule has 1 aromatic carbocycles. The molecule has 18 heavy (non-hydrogen) atoms. The molecule has 1 N–H and O–H groups in total. The fourth-order valence-corrected chi connectivity index (χ4v) is 2.14. The second-order valence-corrected chi connectivity index (χ2v) is 4.72. The molecule has 0 fully saturated rings. The number of rotatable bonds is 0. The topological polar surface area (TPSA) is 50.4 Å². The first-order chi connectivity index (χ1) is 8.54. The molecular formula is C13H6Cl2O3. The monoisotopic (exact) mass is 280 g/mol. The molecule has 0 bridgehead atoms. The number of halogens is 2. The van der Waals surface area contributed by atoms with Gasteiger partial charge in [0.15, 0.2) is 0 Å². The fourth-order valence-electron chi connectivity index (χ4n) is 1.80. The van der Waals surface area contributed by atoms with E-state index in [1.54, 1.807) is 18.2 Å². The van der Waals surface area contributed by atoms with E-state index in [4.69, 9.17) is 27.6 Å². The van der Waals surface area contributed by atoms with Crippen molar-refractivity contribution in [2.24, 2.45) is 0 Å². The molecule has 1 heterocycles. The Kier molecular flexibility index (Phi) is 2.47. The highest BCUT2D eigenvalue weighted by atomic mass is 35.5. The molecule has 1 aliphatic heterocycles. The zero-order chi connectivity index (χ0) is 12.9. The Labute approximate surface area is 112 Å². The van der Waals surface area contributed by atoms with Crippen LogP contribution in [0.5, 0.6) is 5.75 Å². The van der Waals surface area contributed by atoms with Gasteiger partial charge >= 0.3 is 0 Å². The summed E-state index contributed by atoms with van der Waals surface area (Å²) in [5.41, 5.74) is 0.852. The molecular weight excluding hydrogens is 275 g/mol. The lowest BCUT2D eigenvalue weighted by molar-refractivity contribution is 0.474. The van der Waals surface area contributed by atoms with E-state index < -0.39 is 0 Å². The van der Waals surface area contributed by atoms with Gasteiger partial charge in [-0.2, -0.15) is 0 Å². The van der Waals surface area contributed by atoms with Crippen LogP contribution in [-0.2, 0) is 0 Å². The van der Waals surface area contributed by atoms with Crippen molar-refractivity contribution in [1.82, 2.24) is 0 Å². The van der Waals surface area contributed by atoms with Crippen molar-refractivity contribution in [2.75, 3.05) is 0 Å². The Balaban J connectivity index is 2.45. The maximum atomic E-state index is 11.4. The second kappa shape index (κ2) is 3.90. The summed E-state index contributed by atoms with van der Waals surface area (Å²) >= 11 is 11.6. The molecule has 0 radical (unpaired) electrons. The highest BCUT2D eigenvalue weighted by Gasteiger charge is 2.12. The molecule has 3 rings (SSSR count). The molecule has 0 amide bonds. The summed E-state index contributed by atoms with van der Waals surface area (Å²) in [5, 5.41) is 10.6. The van der Waals surface area contributed by atoms with Crippen LogP contribution in [-0.4, -0.2) is 5.11 Å². The van der Waals surface area contributed by atoms with Crippen molar-refractivity contribution < 1.29 is 9.52 Å². The van der Waals surface area contributed by atoms with Crippen molar-refractivity contribution in [3.8, 4) is 17.1 Å². The zero-order valence-electron chi connectivity index (χ0n) is 8.91. The molecule has 90 valence electrons. The van der Waals surface area contributed by atoms with E-state index in [2.05, 4.69) is 0 Å². The van der Waals surface area contributed by atoms with E-state index >= 15 is 0 Å². The van der Waals surface area contributed by atoms with E-state index in [0.717, 1.165) is 5.39 Å². The van der Waals surface area contributed by atoms with Gasteiger partial charge in [0.1, 0.15) is 17.1 Å². The lowest BCUT2D eigenvalue weighted by atomic mass is 10.1. The van der Waals surface area contributed by atoms with Crippen LogP contribution in [0.1, 0.15) is 0 Å². The molecule has 0 saturated carbocycles. The fraction of sp³-hybridized carbons (Fsp3) is 0. The first-order valence-electron chi connectivity index (χ1n) is 5.10. The smallest absolute Gasteiger partial charge is 0.200 e. The third-order valence-corrected chi connectivity index (χ3v) is 3.27. The standard InChI is InChI=1S/C13H6Cl2O3/c14-8-2-6-1-7-3-9(15)11(17)5-13(7)18-12(6)4-10(8)16/h1-5,16H. The largest absolute Gasteiger partial charge is 0.506 e. The van der Waals surface area contributed by atoms with Gasteiger partial charge in [-0.15, -0.1) is 0 Å². The number of aromatic hydroxyl groups is 1. The average Bonchev–Trinajstić information content (AvgIpc) is 2.31. The van der Waals surface area contributed by atoms with Crippen LogP contribution in [0.25, 0.3) is 22.3 Å². The van der Waals surface area contributed by atoms with Crippen molar-refractivity contribution in [3.05, 3.63) is 50.6 Å². The number of phenols is 1. The summed E-state index contributed by atoms with van der Waals surface area (Å²) in [5.74, 6) is 0.349. The molecule has 0 aromatic heterocycles. The van der Waals surface area contributed by atoms with Gasteiger partial charge in [0.2, 0.25) is 5.43 Å². The summed E-state index contributed by atoms with van der Waals surface area (Å²) in [6.07, 6.45) is 0. The Bertz CT molecular complexity index is 792. The molecule has 0 spiro atoms. The highest BCUT2D eigenvalue weighted by molar-refractivity contribution is 6.32. The number of hydrogen-bond acceptors (Lipinski definition) is 3. The van der Waals surface area contributed by atoms with Gasteiger partial charge in [-0.3, -0.25) is 4.79 Å². The minimum absolute atomic E-state index is 0.0661. The summed E-state index contributed by atoms with van der Waals surface area (Å²) < 4.78 is 5.54. The van der Waals surface area contributed by atoms with Crippen molar-refractivity contribution in [2.45, 2.75) is 0 Å². The molecule has 5 heteroatoms. The van der Waals surface area contributed by atoms with Crippen molar-refractivity contribution in [1.29, 1.82) is 0 Å². The minimum atomic E-state index is -0.301. The number of phenolic OH excluding ortho intramolecular Hbond substituents is 1. The molecule has 3 nitrogen and oxygen atoms in total. The average molecular weight is 281 g/mol. The molecule has 0 atom stereocenters. The van der Waals surface area contributed by atoms with Gasteiger partial charge in [-0.25, -0.2) is 0 Å². The van der Waals surface area contributed by atoms with Gasteiger partial charge in [-0.1, -0.05) is 23.2 Å². The van der Waals surface area contributed by atoms with Crippen LogP contribution in [0, 0.1) is 0 Å². The lowest BCUT2D eigenvalue weighted by Crippen LogP contribution is -2.00. The molecule has 1 aromatic rings. The predicted molar refractivity (Wildman–Crippen MR) is 70.8 cm³/mol. The minimum Gasteiger partial charge on any atom is -0.506 e.